The number of benzene rings is 2. The van der Waals surface area contributed by atoms with Crippen LogP contribution in [0.15, 0.2) is 68.3 Å². The Bertz CT molecular complexity index is 1300. The normalized spacial score (nSPS) is 15.9. The van der Waals surface area contributed by atoms with Gasteiger partial charge < -0.3 is 8.94 Å². The summed E-state index contributed by atoms with van der Waals surface area (Å²) in [5.74, 6) is 0.583. The number of amides is 1. The van der Waals surface area contributed by atoms with Crippen LogP contribution in [0.25, 0.3) is 11.0 Å². The highest BCUT2D eigenvalue weighted by Crippen LogP contribution is 2.40. The van der Waals surface area contributed by atoms with Gasteiger partial charge in [0, 0.05) is 6.07 Å². The van der Waals surface area contributed by atoms with Crippen molar-refractivity contribution < 1.29 is 13.7 Å². The molecule has 2 aromatic heterocycles. The second kappa shape index (κ2) is 6.44. The monoisotopic (exact) mass is 386 g/mol. The second-order valence-electron chi connectivity index (χ2n) is 7.14. The molecule has 1 aliphatic heterocycles. The predicted molar refractivity (Wildman–Crippen MR) is 108 cm³/mol. The van der Waals surface area contributed by atoms with E-state index in [0.717, 1.165) is 17.5 Å². The van der Waals surface area contributed by atoms with Gasteiger partial charge in [0.05, 0.1) is 17.0 Å². The molecular formula is C23H18N2O4. The lowest BCUT2D eigenvalue weighted by atomic mass is 9.98. The summed E-state index contributed by atoms with van der Waals surface area (Å²) in [5.41, 5.74) is 2.39. The number of anilines is 1. The Labute approximate surface area is 166 Å². The van der Waals surface area contributed by atoms with Crippen molar-refractivity contribution >= 4 is 22.7 Å². The van der Waals surface area contributed by atoms with E-state index in [0.29, 0.717) is 28.1 Å². The molecule has 6 heteroatoms. The van der Waals surface area contributed by atoms with E-state index in [1.54, 1.807) is 19.1 Å². The van der Waals surface area contributed by atoms with Crippen molar-refractivity contribution in [2.24, 2.45) is 0 Å². The van der Waals surface area contributed by atoms with Gasteiger partial charge in [-0.15, -0.1) is 0 Å². The summed E-state index contributed by atoms with van der Waals surface area (Å²) in [6, 6.07) is 16.0. The Hall–Kier alpha value is -3.67. The van der Waals surface area contributed by atoms with Gasteiger partial charge in [0.2, 0.25) is 5.76 Å². The molecule has 1 amide bonds. The summed E-state index contributed by atoms with van der Waals surface area (Å²) in [6.07, 6.45) is 0.803. The number of fused-ring (bicyclic) bond motifs is 2. The van der Waals surface area contributed by atoms with Crippen LogP contribution in [-0.4, -0.2) is 11.1 Å². The number of hydrogen-bond donors (Lipinski definition) is 0. The van der Waals surface area contributed by atoms with Crippen molar-refractivity contribution in [2.75, 3.05) is 4.90 Å². The van der Waals surface area contributed by atoms with Crippen LogP contribution in [0.4, 0.5) is 5.82 Å². The number of carbonyl (C=O) groups excluding carboxylic acids is 1. The van der Waals surface area contributed by atoms with Gasteiger partial charge in [-0.2, -0.15) is 0 Å². The van der Waals surface area contributed by atoms with Gasteiger partial charge in [-0.1, -0.05) is 48.5 Å². The summed E-state index contributed by atoms with van der Waals surface area (Å²) < 4.78 is 11.2. The first-order valence-electron chi connectivity index (χ1n) is 9.50. The van der Waals surface area contributed by atoms with Gasteiger partial charge >= 0.3 is 0 Å². The lowest BCUT2D eigenvalue weighted by molar-refractivity contribution is 0.0969. The topological polar surface area (TPSA) is 76.6 Å². The van der Waals surface area contributed by atoms with Crippen LogP contribution in [0.1, 0.15) is 46.0 Å². The number of hydrogen-bond acceptors (Lipinski definition) is 5. The molecule has 29 heavy (non-hydrogen) atoms. The van der Waals surface area contributed by atoms with Crippen LogP contribution in [0.3, 0.4) is 0 Å². The van der Waals surface area contributed by atoms with Crippen molar-refractivity contribution in [3.05, 3.63) is 93.0 Å². The number of rotatable bonds is 3. The van der Waals surface area contributed by atoms with Gasteiger partial charge in [-0.05, 0) is 36.6 Å². The lowest BCUT2D eigenvalue weighted by Gasteiger charge is -2.22. The second-order valence-corrected chi connectivity index (χ2v) is 7.14. The molecule has 144 valence electrons. The first kappa shape index (κ1) is 17.4. The Morgan fingerprint density at radius 1 is 1.07 bits per heavy atom. The predicted octanol–water partition coefficient (Wildman–Crippen LogP) is 4.40. The summed E-state index contributed by atoms with van der Waals surface area (Å²) in [6.45, 7) is 3.78. The molecule has 5 rings (SSSR count). The third-order valence-electron chi connectivity index (χ3n) is 5.32. The van der Waals surface area contributed by atoms with Gasteiger partial charge in [-0.25, -0.2) is 0 Å². The Morgan fingerprint density at radius 2 is 1.86 bits per heavy atom. The average molecular weight is 386 g/mol. The molecule has 0 aliphatic carbocycles. The van der Waals surface area contributed by atoms with Crippen molar-refractivity contribution in [2.45, 2.75) is 26.3 Å². The van der Waals surface area contributed by atoms with E-state index in [1.807, 2.05) is 49.4 Å². The molecule has 6 nitrogen and oxygen atoms in total. The third-order valence-corrected chi connectivity index (χ3v) is 5.32. The standard InChI is InChI=1S/C23H18N2O4/c1-3-14-9-10-17-16(12-14)21(26)19-20(15-7-5-4-6-8-15)25(23(27)22(19)28-17)18-11-13(2)29-24-18/h4-12,20H,3H2,1-2H3. The fourth-order valence-electron chi connectivity index (χ4n) is 3.89. The lowest BCUT2D eigenvalue weighted by Crippen LogP contribution is -2.29. The van der Waals surface area contributed by atoms with E-state index in [-0.39, 0.29) is 11.2 Å². The van der Waals surface area contributed by atoms with Gasteiger partial charge in [-0.3, -0.25) is 14.5 Å². The smallest absolute Gasteiger partial charge is 0.296 e. The zero-order valence-electron chi connectivity index (χ0n) is 16.0. The van der Waals surface area contributed by atoms with Crippen molar-refractivity contribution in [1.29, 1.82) is 0 Å². The molecule has 0 radical (unpaired) electrons. The molecule has 3 heterocycles. The average Bonchev–Trinajstić information content (AvgIpc) is 3.30. The molecule has 4 aromatic rings. The first-order valence-corrected chi connectivity index (χ1v) is 9.50. The van der Waals surface area contributed by atoms with E-state index in [9.17, 15) is 9.59 Å². The molecule has 0 saturated heterocycles. The Morgan fingerprint density at radius 3 is 2.55 bits per heavy atom. The van der Waals surface area contributed by atoms with Crippen LogP contribution in [0.2, 0.25) is 0 Å². The quantitative estimate of drug-likeness (QED) is 0.521. The highest BCUT2D eigenvalue weighted by Gasteiger charge is 2.44. The van der Waals surface area contributed by atoms with Crippen LogP contribution in [0.5, 0.6) is 0 Å². The Balaban J connectivity index is 1.82. The van der Waals surface area contributed by atoms with Gasteiger partial charge in [0.15, 0.2) is 11.2 Å². The number of carbonyl (C=O) groups is 1. The number of nitrogens with zero attached hydrogens (tertiary/aromatic N) is 2. The molecule has 1 unspecified atom stereocenters. The first-order chi connectivity index (χ1) is 14.1. The van der Waals surface area contributed by atoms with Crippen LogP contribution in [-0.2, 0) is 6.42 Å². The maximum atomic E-state index is 13.5. The molecule has 0 N–H and O–H groups in total. The summed E-state index contributed by atoms with van der Waals surface area (Å²) in [5, 5.41) is 4.50. The van der Waals surface area contributed by atoms with Crippen molar-refractivity contribution in [3.8, 4) is 0 Å². The van der Waals surface area contributed by atoms with Gasteiger partial charge in [0.1, 0.15) is 11.3 Å². The van der Waals surface area contributed by atoms with Crippen LogP contribution < -0.4 is 10.3 Å². The molecule has 1 atom stereocenters. The molecule has 0 bridgehead atoms. The third kappa shape index (κ3) is 2.60. The van der Waals surface area contributed by atoms with Crippen LogP contribution >= 0.6 is 0 Å². The fourth-order valence-corrected chi connectivity index (χ4v) is 3.89. The summed E-state index contributed by atoms with van der Waals surface area (Å²) in [4.78, 5) is 28.3. The zero-order valence-corrected chi connectivity index (χ0v) is 16.0. The largest absolute Gasteiger partial charge is 0.450 e. The molecule has 0 saturated carbocycles. The minimum absolute atomic E-state index is 0.0567. The maximum Gasteiger partial charge on any atom is 0.296 e. The minimum Gasteiger partial charge on any atom is -0.450 e. The minimum atomic E-state index is -0.630. The molecule has 1 aliphatic rings. The number of aromatic nitrogens is 1. The summed E-state index contributed by atoms with van der Waals surface area (Å²) >= 11 is 0. The highest BCUT2D eigenvalue weighted by atomic mass is 16.5. The SMILES string of the molecule is CCc1ccc2oc3c(c(=O)c2c1)C(c1ccccc1)N(c1cc(C)on1)C3=O. The van der Waals surface area contributed by atoms with Crippen molar-refractivity contribution in [3.63, 3.8) is 0 Å². The van der Waals surface area contributed by atoms with Crippen LogP contribution in [0, 0.1) is 6.92 Å². The van der Waals surface area contributed by atoms with E-state index < -0.39 is 11.9 Å². The number of aryl methyl sites for hydroxylation is 2. The van der Waals surface area contributed by atoms with Gasteiger partial charge in [0.25, 0.3) is 5.91 Å². The zero-order chi connectivity index (χ0) is 20.1. The molecule has 0 fully saturated rings. The molecule has 2 aromatic carbocycles. The molecule has 0 spiro atoms. The van der Waals surface area contributed by atoms with E-state index in [2.05, 4.69) is 5.16 Å². The summed E-state index contributed by atoms with van der Waals surface area (Å²) in [7, 11) is 0. The fraction of sp³-hybridized carbons (Fsp3) is 0.174. The highest BCUT2D eigenvalue weighted by molar-refractivity contribution is 6.10. The van der Waals surface area contributed by atoms with E-state index >= 15 is 0 Å². The van der Waals surface area contributed by atoms with Crippen molar-refractivity contribution in [1.82, 2.24) is 5.16 Å². The van der Waals surface area contributed by atoms with E-state index in [4.69, 9.17) is 8.94 Å². The maximum absolute atomic E-state index is 13.5. The molecular weight excluding hydrogens is 368 g/mol. The Kier molecular flexibility index (Phi) is 3.87. The van der Waals surface area contributed by atoms with E-state index in [1.165, 1.54) is 4.90 Å².